The largest absolute Gasteiger partial charge is 0.463 e. The molecular weight excluding hydrogens is 256 g/mol. The van der Waals surface area contributed by atoms with E-state index in [2.05, 4.69) is 0 Å². The van der Waals surface area contributed by atoms with Crippen LogP contribution in [0.5, 0.6) is 0 Å². The molecule has 0 aliphatic heterocycles. The lowest BCUT2D eigenvalue weighted by molar-refractivity contribution is -0.137. The van der Waals surface area contributed by atoms with Crippen LogP contribution in [0, 0.1) is 0 Å². The van der Waals surface area contributed by atoms with Gasteiger partial charge >= 0.3 is 5.97 Å². The van der Waals surface area contributed by atoms with Crippen molar-refractivity contribution < 1.29 is 9.53 Å². The molecule has 0 radical (unpaired) electrons. The van der Waals surface area contributed by atoms with E-state index in [1.807, 2.05) is 24.3 Å². The average molecular weight is 267 g/mol. The molecule has 4 heteroatoms. The molecule has 2 nitrogen and oxygen atoms in total. The molecule has 0 unspecified atom stereocenters. The molecule has 0 saturated carbocycles. The molecule has 1 heterocycles. The number of ether oxygens (including phenoxy) is 1. The zero-order chi connectivity index (χ0) is 12.3. The first-order chi connectivity index (χ1) is 8.19. The number of hydrogen-bond donors (Lipinski definition) is 0. The molecule has 0 fully saturated rings. The fourth-order valence-electron chi connectivity index (χ4n) is 1.46. The molecular formula is C13H11ClO2S. The Kier molecular flexibility index (Phi) is 3.82. The van der Waals surface area contributed by atoms with E-state index in [0.717, 1.165) is 20.0 Å². The monoisotopic (exact) mass is 266 g/mol. The summed E-state index contributed by atoms with van der Waals surface area (Å²) in [7, 11) is 0. The number of carbonyl (C=O) groups excluding carboxylic acids is 1. The van der Waals surface area contributed by atoms with Crippen molar-refractivity contribution in [1.29, 1.82) is 0 Å². The standard InChI is InChI=1S/C13H11ClO2S/c1-2-16-13(15)6-4-11-8-9-7-10(14)3-5-12(9)17-11/h3-8H,2H2,1H3/b6-4+. The number of fused-ring (bicyclic) bond motifs is 1. The number of thiophene rings is 1. The summed E-state index contributed by atoms with van der Waals surface area (Å²) in [6.45, 7) is 2.18. The third-order valence-corrected chi connectivity index (χ3v) is 3.48. The van der Waals surface area contributed by atoms with E-state index in [0.29, 0.717) is 6.61 Å². The van der Waals surface area contributed by atoms with E-state index in [4.69, 9.17) is 16.3 Å². The Bertz CT molecular complexity index is 572. The van der Waals surface area contributed by atoms with Crippen LogP contribution in [0.3, 0.4) is 0 Å². The third-order valence-electron chi connectivity index (χ3n) is 2.17. The van der Waals surface area contributed by atoms with E-state index in [9.17, 15) is 4.79 Å². The van der Waals surface area contributed by atoms with Crippen LogP contribution < -0.4 is 0 Å². The van der Waals surface area contributed by atoms with E-state index in [1.54, 1.807) is 24.3 Å². The van der Waals surface area contributed by atoms with Crippen molar-refractivity contribution in [1.82, 2.24) is 0 Å². The fourth-order valence-corrected chi connectivity index (χ4v) is 2.59. The Hall–Kier alpha value is -1.32. The maximum atomic E-state index is 11.2. The predicted octanol–water partition coefficient (Wildman–Crippen LogP) is 4.13. The maximum Gasteiger partial charge on any atom is 0.330 e. The summed E-state index contributed by atoms with van der Waals surface area (Å²) < 4.78 is 5.97. The van der Waals surface area contributed by atoms with Crippen LogP contribution in [0.2, 0.25) is 5.02 Å². The molecule has 1 aromatic carbocycles. The molecule has 0 N–H and O–H groups in total. The minimum absolute atomic E-state index is 0.317. The molecule has 0 amide bonds. The predicted molar refractivity (Wildman–Crippen MR) is 72.5 cm³/mol. The number of esters is 1. The minimum atomic E-state index is -0.317. The van der Waals surface area contributed by atoms with Crippen LogP contribution in [-0.2, 0) is 9.53 Å². The van der Waals surface area contributed by atoms with Gasteiger partial charge in [-0.3, -0.25) is 0 Å². The molecule has 17 heavy (non-hydrogen) atoms. The molecule has 2 aromatic rings. The van der Waals surface area contributed by atoms with Crippen LogP contribution in [-0.4, -0.2) is 12.6 Å². The minimum Gasteiger partial charge on any atom is -0.463 e. The topological polar surface area (TPSA) is 26.3 Å². The molecule has 0 saturated heterocycles. The molecule has 2 rings (SSSR count). The lowest BCUT2D eigenvalue weighted by Gasteiger charge is -1.93. The Labute approximate surface area is 108 Å². The first kappa shape index (κ1) is 12.1. The number of carbonyl (C=O) groups is 1. The maximum absolute atomic E-state index is 11.2. The van der Waals surface area contributed by atoms with Crippen molar-refractivity contribution in [3.05, 3.63) is 40.2 Å². The van der Waals surface area contributed by atoms with Crippen LogP contribution >= 0.6 is 22.9 Å². The first-order valence-electron chi connectivity index (χ1n) is 5.23. The Balaban J connectivity index is 2.22. The second-order valence-electron chi connectivity index (χ2n) is 3.42. The summed E-state index contributed by atoms with van der Waals surface area (Å²) in [5, 5.41) is 1.81. The van der Waals surface area contributed by atoms with Crippen molar-refractivity contribution in [3.63, 3.8) is 0 Å². The number of benzene rings is 1. The van der Waals surface area contributed by atoms with E-state index in [1.165, 1.54) is 6.08 Å². The van der Waals surface area contributed by atoms with E-state index in [-0.39, 0.29) is 5.97 Å². The Morgan fingerprint density at radius 3 is 3.06 bits per heavy atom. The van der Waals surface area contributed by atoms with Crippen molar-refractivity contribution in [3.8, 4) is 0 Å². The van der Waals surface area contributed by atoms with Crippen LogP contribution in [0.15, 0.2) is 30.3 Å². The normalized spacial score (nSPS) is 11.2. The zero-order valence-corrected chi connectivity index (χ0v) is 10.8. The van der Waals surface area contributed by atoms with Gasteiger partial charge in [-0.15, -0.1) is 11.3 Å². The van der Waals surface area contributed by atoms with Gasteiger partial charge in [0.15, 0.2) is 0 Å². The number of hydrogen-bond acceptors (Lipinski definition) is 3. The van der Waals surface area contributed by atoms with Gasteiger partial charge in [-0.05, 0) is 42.7 Å². The summed E-state index contributed by atoms with van der Waals surface area (Å²) in [5.74, 6) is -0.317. The highest BCUT2D eigenvalue weighted by Crippen LogP contribution is 2.28. The molecule has 1 aromatic heterocycles. The van der Waals surface area contributed by atoms with Gasteiger partial charge in [0.1, 0.15) is 0 Å². The van der Waals surface area contributed by atoms with Gasteiger partial charge < -0.3 is 4.74 Å². The molecule has 88 valence electrons. The van der Waals surface area contributed by atoms with Gasteiger partial charge in [-0.1, -0.05) is 11.6 Å². The highest BCUT2D eigenvalue weighted by molar-refractivity contribution is 7.19. The van der Waals surface area contributed by atoms with Crippen LogP contribution in [0.1, 0.15) is 11.8 Å². The Morgan fingerprint density at radius 2 is 2.29 bits per heavy atom. The zero-order valence-electron chi connectivity index (χ0n) is 9.27. The number of halogens is 1. The molecule has 0 bridgehead atoms. The van der Waals surface area contributed by atoms with Crippen LogP contribution in [0.25, 0.3) is 16.2 Å². The van der Waals surface area contributed by atoms with Gasteiger partial charge in [0.25, 0.3) is 0 Å². The average Bonchev–Trinajstić information content (AvgIpc) is 2.68. The summed E-state index contributed by atoms with van der Waals surface area (Å²) in [6, 6.07) is 7.75. The number of rotatable bonds is 3. The van der Waals surface area contributed by atoms with Crippen molar-refractivity contribution >= 4 is 45.1 Å². The quantitative estimate of drug-likeness (QED) is 0.617. The fraction of sp³-hybridized carbons (Fsp3) is 0.154. The summed E-state index contributed by atoms with van der Waals surface area (Å²) in [4.78, 5) is 12.2. The molecule has 0 atom stereocenters. The van der Waals surface area contributed by atoms with Crippen molar-refractivity contribution in [2.24, 2.45) is 0 Å². The summed E-state index contributed by atoms with van der Waals surface area (Å²) in [6.07, 6.45) is 3.20. The first-order valence-corrected chi connectivity index (χ1v) is 6.42. The van der Waals surface area contributed by atoms with Gasteiger partial charge in [0.05, 0.1) is 6.61 Å². The molecule has 0 spiro atoms. The third kappa shape index (κ3) is 3.08. The van der Waals surface area contributed by atoms with E-state index < -0.39 is 0 Å². The van der Waals surface area contributed by atoms with Gasteiger partial charge in [0.2, 0.25) is 0 Å². The highest BCUT2D eigenvalue weighted by atomic mass is 35.5. The van der Waals surface area contributed by atoms with E-state index >= 15 is 0 Å². The SMILES string of the molecule is CCOC(=O)/C=C/c1cc2cc(Cl)ccc2s1. The lowest BCUT2D eigenvalue weighted by Crippen LogP contribution is -1.98. The summed E-state index contributed by atoms with van der Waals surface area (Å²) >= 11 is 7.52. The van der Waals surface area contributed by atoms with Crippen LogP contribution in [0.4, 0.5) is 0 Å². The van der Waals surface area contributed by atoms with Crippen molar-refractivity contribution in [2.45, 2.75) is 6.92 Å². The van der Waals surface area contributed by atoms with Crippen molar-refractivity contribution in [2.75, 3.05) is 6.61 Å². The van der Waals surface area contributed by atoms with Gasteiger partial charge in [0, 0.05) is 20.7 Å². The highest BCUT2D eigenvalue weighted by Gasteiger charge is 2.01. The second-order valence-corrected chi connectivity index (χ2v) is 4.97. The second kappa shape index (κ2) is 5.34. The Morgan fingerprint density at radius 1 is 1.47 bits per heavy atom. The summed E-state index contributed by atoms with van der Waals surface area (Å²) in [5.41, 5.74) is 0. The smallest absolute Gasteiger partial charge is 0.330 e. The lowest BCUT2D eigenvalue weighted by atomic mass is 10.2. The molecule has 0 aliphatic rings. The van der Waals surface area contributed by atoms with Gasteiger partial charge in [-0.2, -0.15) is 0 Å². The molecule has 0 aliphatic carbocycles. The van der Waals surface area contributed by atoms with Gasteiger partial charge in [-0.25, -0.2) is 4.79 Å².